The average Bonchev–Trinajstić information content (AvgIpc) is 2.43. The van der Waals surface area contributed by atoms with Gasteiger partial charge in [0, 0.05) is 5.25 Å². The fourth-order valence-electron chi connectivity index (χ4n) is 1.53. The highest BCUT2D eigenvalue weighted by molar-refractivity contribution is 9.10. The number of hydrogen-bond donors (Lipinski definition) is 0. The van der Waals surface area contributed by atoms with E-state index < -0.39 is 0 Å². The van der Waals surface area contributed by atoms with E-state index in [1.54, 1.807) is 38.1 Å². The van der Waals surface area contributed by atoms with E-state index in [1.165, 1.54) is 0 Å². The number of carbonyl (C=O) groups is 1. The summed E-state index contributed by atoms with van der Waals surface area (Å²) < 4.78 is 11.2. The number of thioether (sulfide) groups is 1. The van der Waals surface area contributed by atoms with Gasteiger partial charge in [0.1, 0.15) is 16.0 Å². The lowest BCUT2D eigenvalue weighted by atomic mass is 10.1. The van der Waals surface area contributed by atoms with Crippen LogP contribution in [-0.4, -0.2) is 31.0 Å². The van der Waals surface area contributed by atoms with E-state index in [4.69, 9.17) is 9.47 Å². The van der Waals surface area contributed by atoms with Crippen LogP contribution >= 0.6 is 27.7 Å². The summed E-state index contributed by atoms with van der Waals surface area (Å²) in [5, 5.41) is 0.483. The molecule has 0 amide bonds. The number of halogens is 1. The van der Waals surface area contributed by atoms with E-state index in [9.17, 15) is 4.79 Å². The van der Waals surface area contributed by atoms with E-state index in [0.717, 1.165) is 6.42 Å². The van der Waals surface area contributed by atoms with Gasteiger partial charge >= 0.3 is 0 Å². The number of benzene rings is 1. The van der Waals surface area contributed by atoms with Gasteiger partial charge in [0.15, 0.2) is 5.78 Å². The molecule has 1 rings (SSSR count). The second-order valence-corrected chi connectivity index (χ2v) is 6.34. The number of carbonyl (C=O) groups excluding carboxylic acids is 1. The molecule has 1 aromatic carbocycles. The van der Waals surface area contributed by atoms with Crippen molar-refractivity contribution in [1.29, 1.82) is 0 Å². The topological polar surface area (TPSA) is 35.5 Å². The molecule has 0 radical (unpaired) electrons. The van der Waals surface area contributed by atoms with E-state index >= 15 is 0 Å². The Morgan fingerprint density at radius 1 is 1.37 bits per heavy atom. The molecule has 5 heteroatoms. The summed E-state index contributed by atoms with van der Waals surface area (Å²) >= 11 is 5.07. The van der Waals surface area contributed by atoms with Crippen molar-refractivity contribution in [1.82, 2.24) is 0 Å². The lowest BCUT2D eigenvalue weighted by Crippen LogP contribution is -2.08. The van der Waals surface area contributed by atoms with Crippen LogP contribution in [0.15, 0.2) is 16.6 Å². The quantitative estimate of drug-likeness (QED) is 0.693. The van der Waals surface area contributed by atoms with Crippen molar-refractivity contribution < 1.29 is 14.3 Å². The van der Waals surface area contributed by atoms with E-state index in [1.807, 2.05) is 0 Å². The molecule has 1 aromatic rings. The average molecular weight is 347 g/mol. The summed E-state index contributed by atoms with van der Waals surface area (Å²) in [6, 6.07) is 3.52. The second kappa shape index (κ2) is 7.80. The molecule has 19 heavy (non-hydrogen) atoms. The number of hydrogen-bond acceptors (Lipinski definition) is 4. The molecule has 0 aliphatic rings. The standard InChI is InChI=1S/C14H19BrO3S/c1-5-9(2)19-8-11(16)10-6-7-12(17-3)13(15)14(10)18-4/h6-7,9H,5,8H2,1-4H3. The minimum absolute atomic E-state index is 0.0745. The fourth-order valence-corrected chi connectivity index (χ4v) is 3.02. The fraction of sp³-hybridized carbons (Fsp3) is 0.500. The van der Waals surface area contributed by atoms with Crippen LogP contribution < -0.4 is 9.47 Å². The summed E-state index contributed by atoms with van der Waals surface area (Å²) in [6.45, 7) is 4.24. The highest BCUT2D eigenvalue weighted by atomic mass is 79.9. The molecule has 0 aromatic heterocycles. The molecule has 0 saturated carbocycles. The largest absolute Gasteiger partial charge is 0.495 e. The monoisotopic (exact) mass is 346 g/mol. The molecule has 0 fully saturated rings. The Hall–Kier alpha value is -0.680. The van der Waals surface area contributed by atoms with Gasteiger partial charge in [-0.05, 0) is 34.5 Å². The molecule has 0 bridgehead atoms. The Bertz CT molecular complexity index is 449. The summed E-state index contributed by atoms with van der Waals surface area (Å²) in [6.07, 6.45) is 1.06. The SMILES string of the molecule is CCC(C)SCC(=O)c1ccc(OC)c(Br)c1OC. The number of ketones is 1. The van der Waals surface area contributed by atoms with E-state index in [-0.39, 0.29) is 5.78 Å². The Morgan fingerprint density at radius 2 is 2.05 bits per heavy atom. The molecule has 0 aliphatic carbocycles. The maximum atomic E-state index is 12.2. The minimum Gasteiger partial charge on any atom is -0.495 e. The first kappa shape index (κ1) is 16.4. The summed E-state index contributed by atoms with van der Waals surface area (Å²) in [7, 11) is 3.14. The number of rotatable bonds is 7. The molecule has 0 heterocycles. The molecule has 106 valence electrons. The number of ether oxygens (including phenoxy) is 2. The first-order valence-electron chi connectivity index (χ1n) is 6.10. The predicted molar refractivity (Wildman–Crippen MR) is 83.8 cm³/mol. The van der Waals surface area contributed by atoms with Gasteiger partial charge in [-0.1, -0.05) is 13.8 Å². The molecule has 0 saturated heterocycles. The molecule has 1 unspecified atom stereocenters. The first-order valence-corrected chi connectivity index (χ1v) is 7.94. The molecule has 0 N–H and O–H groups in total. The molecular formula is C14H19BrO3S. The Balaban J connectivity index is 2.94. The third-order valence-corrected chi connectivity index (χ3v) is 4.94. The number of methoxy groups -OCH3 is 2. The van der Waals surface area contributed by atoms with Crippen molar-refractivity contribution in [3.8, 4) is 11.5 Å². The van der Waals surface area contributed by atoms with Crippen molar-refractivity contribution in [2.75, 3.05) is 20.0 Å². The summed E-state index contributed by atoms with van der Waals surface area (Å²) in [5.41, 5.74) is 0.589. The van der Waals surface area contributed by atoms with E-state index in [2.05, 4.69) is 29.8 Å². The Kier molecular flexibility index (Phi) is 6.72. The van der Waals surface area contributed by atoms with Crippen LogP contribution in [0.4, 0.5) is 0 Å². The first-order chi connectivity index (χ1) is 9.04. The summed E-state index contributed by atoms with van der Waals surface area (Å²) in [5.74, 6) is 1.73. The van der Waals surface area contributed by atoms with Gasteiger partial charge in [-0.25, -0.2) is 0 Å². The maximum absolute atomic E-state index is 12.2. The minimum atomic E-state index is 0.0745. The van der Waals surface area contributed by atoms with Crippen molar-refractivity contribution in [2.24, 2.45) is 0 Å². The van der Waals surface area contributed by atoms with Crippen molar-refractivity contribution in [3.05, 3.63) is 22.2 Å². The van der Waals surface area contributed by atoms with Crippen LogP contribution in [0.25, 0.3) is 0 Å². The smallest absolute Gasteiger partial charge is 0.176 e. The second-order valence-electron chi connectivity index (χ2n) is 4.12. The highest BCUT2D eigenvalue weighted by Crippen LogP contribution is 2.37. The zero-order chi connectivity index (χ0) is 14.4. The van der Waals surface area contributed by atoms with Crippen LogP contribution in [0.2, 0.25) is 0 Å². The molecule has 0 spiro atoms. The highest BCUT2D eigenvalue weighted by Gasteiger charge is 2.18. The van der Waals surface area contributed by atoms with Crippen LogP contribution in [0.3, 0.4) is 0 Å². The predicted octanol–water partition coefficient (Wildman–Crippen LogP) is 4.18. The molecule has 1 atom stereocenters. The van der Waals surface area contributed by atoms with Gasteiger partial charge in [0.05, 0.1) is 25.5 Å². The summed E-state index contributed by atoms with van der Waals surface area (Å²) in [4.78, 5) is 12.2. The lowest BCUT2D eigenvalue weighted by molar-refractivity contribution is 0.101. The van der Waals surface area contributed by atoms with Gasteiger partial charge in [-0.3, -0.25) is 4.79 Å². The van der Waals surface area contributed by atoms with E-state index in [0.29, 0.717) is 32.5 Å². The van der Waals surface area contributed by atoms with Crippen LogP contribution in [0.5, 0.6) is 11.5 Å². The lowest BCUT2D eigenvalue weighted by Gasteiger charge is -2.13. The van der Waals surface area contributed by atoms with Crippen molar-refractivity contribution >= 4 is 33.5 Å². The Labute approximate surface area is 127 Å². The van der Waals surface area contributed by atoms with Crippen LogP contribution in [0, 0.1) is 0 Å². The normalized spacial score (nSPS) is 12.1. The zero-order valence-electron chi connectivity index (χ0n) is 11.7. The third-order valence-electron chi connectivity index (χ3n) is 2.86. The van der Waals surface area contributed by atoms with Gasteiger partial charge in [0.2, 0.25) is 0 Å². The third kappa shape index (κ3) is 4.14. The van der Waals surface area contributed by atoms with Crippen molar-refractivity contribution in [3.63, 3.8) is 0 Å². The molecular weight excluding hydrogens is 328 g/mol. The van der Waals surface area contributed by atoms with Crippen LogP contribution in [0.1, 0.15) is 30.6 Å². The van der Waals surface area contributed by atoms with Gasteiger partial charge < -0.3 is 9.47 Å². The number of Topliss-reactive ketones (excluding diaryl/α,β-unsaturated/α-hetero) is 1. The maximum Gasteiger partial charge on any atom is 0.176 e. The van der Waals surface area contributed by atoms with Gasteiger partial charge in [-0.2, -0.15) is 11.8 Å². The Morgan fingerprint density at radius 3 is 2.58 bits per heavy atom. The van der Waals surface area contributed by atoms with Gasteiger partial charge in [-0.15, -0.1) is 0 Å². The van der Waals surface area contributed by atoms with Gasteiger partial charge in [0.25, 0.3) is 0 Å². The zero-order valence-corrected chi connectivity index (χ0v) is 14.1. The molecule has 0 aliphatic heterocycles. The molecule has 3 nitrogen and oxygen atoms in total. The van der Waals surface area contributed by atoms with Crippen molar-refractivity contribution in [2.45, 2.75) is 25.5 Å². The van der Waals surface area contributed by atoms with Crippen LogP contribution in [-0.2, 0) is 0 Å².